The zero-order valence-electron chi connectivity index (χ0n) is 18.1. The van der Waals surface area contributed by atoms with Crippen LogP contribution in [0.1, 0.15) is 5.56 Å². The predicted molar refractivity (Wildman–Crippen MR) is 120 cm³/mol. The van der Waals surface area contributed by atoms with Crippen molar-refractivity contribution in [2.24, 2.45) is 0 Å². The van der Waals surface area contributed by atoms with Gasteiger partial charge < -0.3 is 14.5 Å². The molecule has 0 aliphatic carbocycles. The largest absolute Gasteiger partial charge is 0.497 e. The summed E-state index contributed by atoms with van der Waals surface area (Å²) in [6.07, 6.45) is 1.83. The van der Waals surface area contributed by atoms with E-state index in [-0.39, 0.29) is 11.7 Å². The quantitative estimate of drug-likeness (QED) is 0.464. The monoisotopic (exact) mass is 447 g/mol. The predicted octanol–water partition coefficient (Wildman–Crippen LogP) is 2.25. The van der Waals surface area contributed by atoms with Gasteiger partial charge in [0, 0.05) is 26.2 Å². The molecule has 1 fully saturated rings. The van der Waals surface area contributed by atoms with Crippen LogP contribution in [0, 0.1) is 5.82 Å². The van der Waals surface area contributed by atoms with Gasteiger partial charge in [-0.2, -0.15) is 4.68 Å². The average molecular weight is 447 g/mol. The van der Waals surface area contributed by atoms with Crippen molar-refractivity contribution in [3.8, 4) is 11.4 Å². The van der Waals surface area contributed by atoms with E-state index in [1.54, 1.807) is 23.9 Å². The molecule has 3 heterocycles. The minimum absolute atomic E-state index is 0.0925. The normalized spacial score (nSPS) is 14.0. The summed E-state index contributed by atoms with van der Waals surface area (Å²) >= 11 is 0. The molecule has 0 N–H and O–H groups in total. The smallest absolute Gasteiger partial charge is 0.227 e. The Hall–Kier alpha value is -4.08. The van der Waals surface area contributed by atoms with Gasteiger partial charge in [0.25, 0.3) is 0 Å². The number of nitrogens with zero attached hydrogens (tertiary/aromatic N) is 7. The third-order valence-corrected chi connectivity index (χ3v) is 5.74. The molecule has 1 saturated heterocycles. The van der Waals surface area contributed by atoms with Crippen molar-refractivity contribution in [1.29, 1.82) is 0 Å². The van der Waals surface area contributed by atoms with Crippen LogP contribution in [-0.2, 0) is 11.2 Å². The third-order valence-electron chi connectivity index (χ3n) is 5.74. The molecule has 5 rings (SSSR count). The first kappa shape index (κ1) is 20.8. The van der Waals surface area contributed by atoms with Gasteiger partial charge in [0.15, 0.2) is 17.0 Å². The number of amides is 1. The van der Waals surface area contributed by atoms with Crippen LogP contribution in [0.3, 0.4) is 0 Å². The number of hydrogen-bond donors (Lipinski definition) is 0. The molecule has 0 unspecified atom stereocenters. The van der Waals surface area contributed by atoms with Crippen molar-refractivity contribution in [3.05, 3.63) is 66.2 Å². The first-order valence-electron chi connectivity index (χ1n) is 10.6. The van der Waals surface area contributed by atoms with E-state index >= 15 is 0 Å². The fourth-order valence-electron chi connectivity index (χ4n) is 3.92. The van der Waals surface area contributed by atoms with Crippen LogP contribution >= 0.6 is 0 Å². The zero-order chi connectivity index (χ0) is 22.8. The molecule has 0 radical (unpaired) electrons. The van der Waals surface area contributed by atoms with Gasteiger partial charge in [-0.15, -0.1) is 5.10 Å². The Morgan fingerprint density at radius 2 is 1.73 bits per heavy atom. The van der Waals surface area contributed by atoms with Crippen LogP contribution in [0.15, 0.2) is 54.9 Å². The summed E-state index contributed by atoms with van der Waals surface area (Å²) in [4.78, 5) is 25.5. The molecule has 1 aliphatic rings. The Morgan fingerprint density at radius 1 is 1.00 bits per heavy atom. The van der Waals surface area contributed by atoms with E-state index in [0.717, 1.165) is 11.3 Å². The van der Waals surface area contributed by atoms with Crippen molar-refractivity contribution >= 4 is 22.9 Å². The van der Waals surface area contributed by atoms with Crippen molar-refractivity contribution in [2.45, 2.75) is 6.42 Å². The molecule has 10 heteroatoms. The molecule has 1 amide bonds. The molecule has 33 heavy (non-hydrogen) atoms. The molecule has 0 bridgehead atoms. The number of fused-ring (bicyclic) bond motifs is 1. The highest BCUT2D eigenvalue weighted by Crippen LogP contribution is 2.24. The first-order chi connectivity index (χ1) is 16.1. The van der Waals surface area contributed by atoms with Crippen LogP contribution in [0.4, 0.5) is 10.2 Å². The fourth-order valence-corrected chi connectivity index (χ4v) is 3.92. The summed E-state index contributed by atoms with van der Waals surface area (Å²) in [5.41, 5.74) is 2.74. The Bertz CT molecular complexity index is 1270. The van der Waals surface area contributed by atoms with Crippen LogP contribution in [0.5, 0.6) is 5.75 Å². The van der Waals surface area contributed by atoms with Crippen molar-refractivity contribution in [2.75, 3.05) is 38.2 Å². The summed E-state index contributed by atoms with van der Waals surface area (Å²) in [7, 11) is 1.62. The van der Waals surface area contributed by atoms with Gasteiger partial charge in [0.1, 0.15) is 17.9 Å². The summed E-state index contributed by atoms with van der Waals surface area (Å²) in [6.45, 7) is 2.44. The Morgan fingerprint density at radius 3 is 2.42 bits per heavy atom. The highest BCUT2D eigenvalue weighted by molar-refractivity contribution is 5.84. The lowest BCUT2D eigenvalue weighted by molar-refractivity contribution is -0.130. The van der Waals surface area contributed by atoms with Gasteiger partial charge in [0.2, 0.25) is 5.91 Å². The van der Waals surface area contributed by atoms with E-state index in [9.17, 15) is 9.18 Å². The van der Waals surface area contributed by atoms with Crippen molar-refractivity contribution < 1.29 is 13.9 Å². The second-order valence-corrected chi connectivity index (χ2v) is 7.74. The van der Waals surface area contributed by atoms with Gasteiger partial charge in [-0.25, -0.2) is 14.4 Å². The highest BCUT2D eigenvalue weighted by Gasteiger charge is 2.25. The summed E-state index contributed by atoms with van der Waals surface area (Å²) in [6, 6.07) is 13.5. The third kappa shape index (κ3) is 4.19. The number of halogens is 1. The summed E-state index contributed by atoms with van der Waals surface area (Å²) in [5, 5.41) is 8.47. The van der Waals surface area contributed by atoms with Gasteiger partial charge in [-0.05, 0) is 42.0 Å². The maximum Gasteiger partial charge on any atom is 0.227 e. The second-order valence-electron chi connectivity index (χ2n) is 7.74. The van der Waals surface area contributed by atoms with Gasteiger partial charge >= 0.3 is 0 Å². The van der Waals surface area contributed by atoms with Gasteiger partial charge in [-0.3, -0.25) is 4.79 Å². The number of carbonyl (C=O) groups excluding carboxylic acids is 1. The van der Waals surface area contributed by atoms with Gasteiger partial charge in [-0.1, -0.05) is 17.3 Å². The second kappa shape index (κ2) is 8.81. The van der Waals surface area contributed by atoms with E-state index in [4.69, 9.17) is 4.74 Å². The van der Waals surface area contributed by atoms with Crippen LogP contribution in [0.25, 0.3) is 16.9 Å². The number of rotatable bonds is 5. The number of methoxy groups -OCH3 is 1. The number of carbonyl (C=O) groups is 1. The van der Waals surface area contributed by atoms with Crippen LogP contribution in [0.2, 0.25) is 0 Å². The van der Waals surface area contributed by atoms with Crippen LogP contribution in [-0.4, -0.2) is 69.1 Å². The molecule has 2 aromatic heterocycles. The minimum atomic E-state index is -0.321. The molecule has 168 valence electrons. The average Bonchev–Trinajstić information content (AvgIpc) is 3.29. The number of aromatic nitrogens is 5. The van der Waals surface area contributed by atoms with E-state index < -0.39 is 0 Å². The molecule has 0 atom stereocenters. The molecule has 0 saturated carbocycles. The molecule has 9 nitrogen and oxygen atoms in total. The summed E-state index contributed by atoms with van der Waals surface area (Å²) < 4.78 is 20.0. The lowest BCUT2D eigenvalue weighted by Gasteiger charge is -2.35. The number of hydrogen-bond acceptors (Lipinski definition) is 7. The van der Waals surface area contributed by atoms with E-state index in [2.05, 4.69) is 25.2 Å². The summed E-state index contributed by atoms with van der Waals surface area (Å²) in [5.74, 6) is 1.22. The first-order valence-corrected chi connectivity index (χ1v) is 10.6. The lowest BCUT2D eigenvalue weighted by Crippen LogP contribution is -2.49. The Kier molecular flexibility index (Phi) is 5.55. The zero-order valence-corrected chi connectivity index (χ0v) is 18.1. The highest BCUT2D eigenvalue weighted by atomic mass is 19.1. The maximum atomic E-state index is 13.3. The molecule has 4 aromatic rings. The lowest BCUT2D eigenvalue weighted by atomic mass is 10.1. The fraction of sp³-hybridized carbons (Fsp3) is 0.261. The molecule has 1 aliphatic heterocycles. The molecular weight excluding hydrogens is 425 g/mol. The SMILES string of the molecule is COc1ccc(CC(=O)N2CCN(c3ncnc4c3nnn4-c3ccc(F)cc3)CC2)cc1. The van der Waals surface area contributed by atoms with Crippen molar-refractivity contribution in [3.63, 3.8) is 0 Å². The van der Waals surface area contributed by atoms with Crippen LogP contribution < -0.4 is 9.64 Å². The maximum absolute atomic E-state index is 13.3. The van der Waals surface area contributed by atoms with E-state index in [1.807, 2.05) is 29.2 Å². The number of anilines is 1. The standard InChI is InChI=1S/C23H22FN7O2/c1-33-19-8-2-16(3-9-19)14-20(32)29-10-12-30(13-11-29)22-21-23(26-15-25-22)31(28-27-21)18-6-4-17(24)5-7-18/h2-9,15H,10-14H2,1H3. The number of benzene rings is 2. The Balaban J connectivity index is 1.28. The van der Waals surface area contributed by atoms with Gasteiger partial charge in [0.05, 0.1) is 19.2 Å². The number of piperazine rings is 1. The van der Waals surface area contributed by atoms with Crippen molar-refractivity contribution in [1.82, 2.24) is 29.9 Å². The van der Waals surface area contributed by atoms with E-state index in [1.165, 1.54) is 18.5 Å². The molecular formula is C23H22FN7O2. The molecule has 2 aromatic carbocycles. The van der Waals surface area contributed by atoms with E-state index in [0.29, 0.717) is 55.3 Å². The Labute approximate surface area is 189 Å². The number of ether oxygens (including phenoxy) is 1. The molecule has 0 spiro atoms. The topological polar surface area (TPSA) is 89.3 Å². The minimum Gasteiger partial charge on any atom is -0.497 e.